The highest BCUT2D eigenvalue weighted by Crippen LogP contribution is 2.13. The highest BCUT2D eigenvalue weighted by atomic mass is 19.1. The van der Waals surface area contributed by atoms with Crippen molar-refractivity contribution in [3.63, 3.8) is 0 Å². The molecule has 0 saturated carbocycles. The van der Waals surface area contributed by atoms with E-state index in [4.69, 9.17) is 4.42 Å². The van der Waals surface area contributed by atoms with Crippen molar-refractivity contribution >= 4 is 5.78 Å². The van der Waals surface area contributed by atoms with Crippen LogP contribution in [0.4, 0.5) is 4.39 Å². The van der Waals surface area contributed by atoms with E-state index in [1.165, 1.54) is 6.07 Å². The molecule has 0 N–H and O–H groups in total. The first-order chi connectivity index (χ1) is 8.16. The number of furan rings is 1. The van der Waals surface area contributed by atoms with Crippen LogP contribution in [0.3, 0.4) is 0 Å². The Balaban J connectivity index is 2.02. The molecule has 0 spiro atoms. The molecular formula is C14H13FO2. The quantitative estimate of drug-likeness (QED) is 0.755. The first-order valence-electron chi connectivity index (χ1n) is 5.48. The van der Waals surface area contributed by atoms with Crippen molar-refractivity contribution in [1.29, 1.82) is 0 Å². The zero-order chi connectivity index (χ0) is 12.3. The minimum atomic E-state index is -0.339. The van der Waals surface area contributed by atoms with Gasteiger partial charge in [-0.2, -0.15) is 0 Å². The Kier molecular flexibility index (Phi) is 3.38. The molecule has 0 radical (unpaired) electrons. The lowest BCUT2D eigenvalue weighted by molar-refractivity contribution is 0.0980. The SMILES string of the molecule is Cc1ccc(C(=O)CCc2ccco2)cc1F. The summed E-state index contributed by atoms with van der Waals surface area (Å²) in [5, 5.41) is 0. The van der Waals surface area contributed by atoms with Crippen LogP contribution in [0.1, 0.15) is 28.1 Å². The Labute approximate surface area is 99.1 Å². The van der Waals surface area contributed by atoms with Crippen molar-refractivity contribution < 1.29 is 13.6 Å². The van der Waals surface area contributed by atoms with Gasteiger partial charge in [0.2, 0.25) is 0 Å². The Morgan fingerprint density at radius 2 is 2.18 bits per heavy atom. The van der Waals surface area contributed by atoms with Crippen molar-refractivity contribution in [3.05, 3.63) is 59.3 Å². The third kappa shape index (κ3) is 2.81. The molecule has 1 heterocycles. The van der Waals surface area contributed by atoms with E-state index in [1.807, 2.05) is 6.07 Å². The minimum Gasteiger partial charge on any atom is -0.469 e. The van der Waals surface area contributed by atoms with Crippen LogP contribution in [0.25, 0.3) is 0 Å². The van der Waals surface area contributed by atoms with E-state index in [0.717, 1.165) is 5.76 Å². The van der Waals surface area contributed by atoms with Crippen LogP contribution < -0.4 is 0 Å². The largest absolute Gasteiger partial charge is 0.469 e. The smallest absolute Gasteiger partial charge is 0.163 e. The molecule has 0 aliphatic carbocycles. The number of hydrogen-bond acceptors (Lipinski definition) is 2. The number of ketones is 1. The summed E-state index contributed by atoms with van der Waals surface area (Å²) >= 11 is 0. The topological polar surface area (TPSA) is 30.2 Å². The zero-order valence-corrected chi connectivity index (χ0v) is 9.57. The van der Waals surface area contributed by atoms with Gasteiger partial charge in [-0.05, 0) is 30.7 Å². The van der Waals surface area contributed by atoms with Gasteiger partial charge in [0.1, 0.15) is 11.6 Å². The van der Waals surface area contributed by atoms with Gasteiger partial charge in [0, 0.05) is 18.4 Å². The van der Waals surface area contributed by atoms with Crippen LogP contribution in [0.5, 0.6) is 0 Å². The van der Waals surface area contributed by atoms with Gasteiger partial charge in [0.05, 0.1) is 6.26 Å². The van der Waals surface area contributed by atoms with E-state index < -0.39 is 0 Å². The van der Waals surface area contributed by atoms with E-state index >= 15 is 0 Å². The van der Waals surface area contributed by atoms with Crippen LogP contribution in [-0.4, -0.2) is 5.78 Å². The van der Waals surface area contributed by atoms with E-state index in [2.05, 4.69) is 0 Å². The van der Waals surface area contributed by atoms with Gasteiger partial charge in [-0.25, -0.2) is 4.39 Å². The Morgan fingerprint density at radius 1 is 1.35 bits per heavy atom. The summed E-state index contributed by atoms with van der Waals surface area (Å²) in [5.74, 6) is 0.361. The second-order valence-electron chi connectivity index (χ2n) is 3.97. The van der Waals surface area contributed by atoms with Gasteiger partial charge in [0.25, 0.3) is 0 Å². The third-order valence-corrected chi connectivity index (χ3v) is 2.67. The van der Waals surface area contributed by atoms with Crippen LogP contribution in [0.2, 0.25) is 0 Å². The van der Waals surface area contributed by atoms with Crippen molar-refractivity contribution in [1.82, 2.24) is 0 Å². The maximum atomic E-state index is 13.3. The molecule has 0 atom stereocenters. The molecule has 88 valence electrons. The van der Waals surface area contributed by atoms with Crippen LogP contribution >= 0.6 is 0 Å². The fourth-order valence-corrected chi connectivity index (χ4v) is 1.60. The number of benzene rings is 1. The number of rotatable bonds is 4. The molecule has 3 heteroatoms. The van der Waals surface area contributed by atoms with Gasteiger partial charge in [0.15, 0.2) is 5.78 Å². The summed E-state index contributed by atoms with van der Waals surface area (Å²) in [4.78, 5) is 11.8. The highest BCUT2D eigenvalue weighted by Gasteiger charge is 2.09. The van der Waals surface area contributed by atoms with E-state index in [9.17, 15) is 9.18 Å². The number of aryl methyl sites for hydroxylation is 2. The standard InChI is InChI=1S/C14H13FO2/c1-10-4-5-11(9-13(10)15)14(16)7-6-12-3-2-8-17-12/h2-5,8-9H,6-7H2,1H3. The molecule has 1 aromatic heterocycles. The maximum Gasteiger partial charge on any atom is 0.163 e. The molecular weight excluding hydrogens is 219 g/mol. The van der Waals surface area contributed by atoms with E-state index in [0.29, 0.717) is 24.0 Å². The molecule has 2 nitrogen and oxygen atoms in total. The Hall–Kier alpha value is -1.90. The monoisotopic (exact) mass is 232 g/mol. The van der Waals surface area contributed by atoms with Crippen molar-refractivity contribution in [2.24, 2.45) is 0 Å². The average molecular weight is 232 g/mol. The molecule has 0 unspecified atom stereocenters. The average Bonchev–Trinajstić information content (AvgIpc) is 2.82. The first-order valence-corrected chi connectivity index (χ1v) is 5.48. The summed E-state index contributed by atoms with van der Waals surface area (Å²) < 4.78 is 18.4. The lowest BCUT2D eigenvalue weighted by Crippen LogP contribution is -2.01. The summed E-state index contributed by atoms with van der Waals surface area (Å²) in [6.45, 7) is 1.67. The number of Topliss-reactive ketones (excluding diaryl/α,β-unsaturated/α-hetero) is 1. The molecule has 0 bridgehead atoms. The summed E-state index contributed by atoms with van der Waals surface area (Å²) in [6, 6.07) is 8.17. The van der Waals surface area contributed by atoms with Gasteiger partial charge >= 0.3 is 0 Å². The summed E-state index contributed by atoms with van der Waals surface area (Å²) in [7, 11) is 0. The van der Waals surface area contributed by atoms with Crippen LogP contribution in [-0.2, 0) is 6.42 Å². The molecule has 0 aliphatic heterocycles. The fourth-order valence-electron chi connectivity index (χ4n) is 1.60. The number of halogens is 1. The lowest BCUT2D eigenvalue weighted by Gasteiger charge is -2.02. The van der Waals surface area contributed by atoms with E-state index in [-0.39, 0.29) is 11.6 Å². The first kappa shape index (κ1) is 11.6. The Morgan fingerprint density at radius 3 is 2.82 bits per heavy atom. The molecule has 0 amide bonds. The Bertz CT molecular complexity index is 515. The van der Waals surface area contributed by atoms with E-state index in [1.54, 1.807) is 31.4 Å². The van der Waals surface area contributed by atoms with Gasteiger partial charge in [-0.3, -0.25) is 4.79 Å². The molecule has 0 saturated heterocycles. The van der Waals surface area contributed by atoms with Crippen molar-refractivity contribution in [2.45, 2.75) is 19.8 Å². The number of carbonyl (C=O) groups is 1. The number of carbonyl (C=O) groups excluding carboxylic acids is 1. The van der Waals surface area contributed by atoms with Crippen LogP contribution in [0, 0.1) is 12.7 Å². The molecule has 0 aliphatic rings. The molecule has 2 aromatic rings. The van der Waals surface area contributed by atoms with Gasteiger partial charge in [-0.15, -0.1) is 0 Å². The summed E-state index contributed by atoms with van der Waals surface area (Å²) in [5.41, 5.74) is 0.965. The molecule has 0 fully saturated rings. The number of hydrogen-bond donors (Lipinski definition) is 0. The van der Waals surface area contributed by atoms with Crippen molar-refractivity contribution in [2.75, 3.05) is 0 Å². The summed E-state index contributed by atoms with van der Waals surface area (Å²) in [6.07, 6.45) is 2.45. The molecule has 17 heavy (non-hydrogen) atoms. The molecule has 2 rings (SSSR count). The van der Waals surface area contributed by atoms with Gasteiger partial charge in [-0.1, -0.05) is 12.1 Å². The zero-order valence-electron chi connectivity index (χ0n) is 9.57. The molecule has 1 aromatic carbocycles. The lowest BCUT2D eigenvalue weighted by atomic mass is 10.0. The predicted octanol–water partition coefficient (Wildman–Crippen LogP) is 3.54. The van der Waals surface area contributed by atoms with Gasteiger partial charge < -0.3 is 4.42 Å². The third-order valence-electron chi connectivity index (χ3n) is 2.67. The van der Waals surface area contributed by atoms with Crippen molar-refractivity contribution in [3.8, 4) is 0 Å². The second-order valence-corrected chi connectivity index (χ2v) is 3.97. The minimum absolute atomic E-state index is 0.0692. The van der Waals surface area contributed by atoms with Crippen LogP contribution in [0.15, 0.2) is 41.0 Å². The normalized spacial score (nSPS) is 10.5. The predicted molar refractivity (Wildman–Crippen MR) is 62.5 cm³/mol. The second kappa shape index (κ2) is 4.95. The fraction of sp³-hybridized carbons (Fsp3) is 0.214. The highest BCUT2D eigenvalue weighted by molar-refractivity contribution is 5.96. The maximum absolute atomic E-state index is 13.3.